The van der Waals surface area contributed by atoms with E-state index in [9.17, 15) is 4.39 Å². The first-order valence-corrected chi connectivity index (χ1v) is 10.4. The van der Waals surface area contributed by atoms with Crippen LogP contribution in [0.5, 0.6) is 0 Å². The van der Waals surface area contributed by atoms with Crippen molar-refractivity contribution in [1.29, 1.82) is 0 Å². The third-order valence-corrected chi connectivity index (χ3v) is 6.01. The number of para-hydroxylation sites is 2. The third-order valence-electron chi connectivity index (χ3n) is 6.01. The molecule has 0 spiro atoms. The molecular formula is C23H20FN7. The Balaban J connectivity index is 1.53. The second kappa shape index (κ2) is 7.16. The van der Waals surface area contributed by atoms with Crippen LogP contribution < -0.4 is 4.90 Å². The summed E-state index contributed by atoms with van der Waals surface area (Å²) < 4.78 is 17.7. The van der Waals surface area contributed by atoms with Gasteiger partial charge in [0.05, 0.1) is 11.0 Å². The Morgan fingerprint density at radius 3 is 1.74 bits per heavy atom. The van der Waals surface area contributed by atoms with E-state index in [1.165, 1.54) is 12.1 Å². The van der Waals surface area contributed by atoms with Crippen molar-refractivity contribution >= 4 is 27.8 Å². The Morgan fingerprint density at radius 2 is 1.19 bits per heavy atom. The summed E-state index contributed by atoms with van der Waals surface area (Å²) in [6.45, 7) is 0. The highest BCUT2D eigenvalue weighted by Crippen LogP contribution is 2.41. The van der Waals surface area contributed by atoms with E-state index in [0.717, 1.165) is 47.0 Å². The molecule has 0 saturated carbocycles. The zero-order valence-corrected chi connectivity index (χ0v) is 16.7. The van der Waals surface area contributed by atoms with Gasteiger partial charge in [0.2, 0.25) is 0 Å². The summed E-state index contributed by atoms with van der Waals surface area (Å²) in [4.78, 5) is 2.27. The molecule has 2 atom stereocenters. The zero-order valence-electron chi connectivity index (χ0n) is 16.7. The van der Waals surface area contributed by atoms with Crippen molar-refractivity contribution in [2.45, 2.75) is 31.6 Å². The van der Waals surface area contributed by atoms with Crippen LogP contribution in [-0.2, 0) is 0 Å². The Hall–Kier alpha value is -3.81. The minimum atomic E-state index is -0.258. The largest absolute Gasteiger partial charge is 0.327 e. The average molecular weight is 413 g/mol. The maximum atomic E-state index is 13.7. The number of fused-ring (bicyclic) bond motifs is 2. The van der Waals surface area contributed by atoms with E-state index >= 15 is 0 Å². The number of rotatable bonds is 3. The first-order chi connectivity index (χ1) is 15.3. The predicted molar refractivity (Wildman–Crippen MR) is 116 cm³/mol. The first-order valence-electron chi connectivity index (χ1n) is 10.4. The molecular weight excluding hydrogens is 393 g/mol. The Bertz CT molecular complexity index is 1280. The number of nitrogens with zero attached hydrogens (tertiary/aromatic N) is 7. The highest BCUT2D eigenvalue weighted by molar-refractivity contribution is 5.75. The van der Waals surface area contributed by atoms with Gasteiger partial charge in [-0.05, 0) is 67.8 Å². The van der Waals surface area contributed by atoms with Crippen molar-refractivity contribution in [2.75, 3.05) is 4.90 Å². The molecule has 0 unspecified atom stereocenters. The highest BCUT2D eigenvalue weighted by atomic mass is 19.1. The molecule has 7 nitrogen and oxygen atoms in total. The summed E-state index contributed by atoms with van der Waals surface area (Å²) in [5.74, 6) is -0.258. The molecule has 0 radical (unpaired) electrons. The fourth-order valence-electron chi connectivity index (χ4n) is 4.61. The normalized spacial score (nSPS) is 19.3. The van der Waals surface area contributed by atoms with E-state index in [4.69, 9.17) is 0 Å². The van der Waals surface area contributed by atoms with E-state index < -0.39 is 0 Å². The van der Waals surface area contributed by atoms with Crippen LogP contribution in [0.15, 0.2) is 72.8 Å². The van der Waals surface area contributed by atoms with Gasteiger partial charge in [0.25, 0.3) is 0 Å². The second-order valence-corrected chi connectivity index (χ2v) is 7.82. The number of piperidine rings is 1. The summed E-state index contributed by atoms with van der Waals surface area (Å²) in [5.41, 5.74) is 4.58. The van der Waals surface area contributed by atoms with Crippen LogP contribution >= 0.6 is 0 Å². The fraction of sp³-hybridized carbons (Fsp3) is 0.217. The van der Waals surface area contributed by atoms with Gasteiger partial charge in [0.1, 0.15) is 29.2 Å². The first kappa shape index (κ1) is 18.0. The van der Waals surface area contributed by atoms with Crippen molar-refractivity contribution in [3.8, 4) is 0 Å². The molecule has 3 aromatic carbocycles. The lowest BCUT2D eigenvalue weighted by molar-refractivity contribution is 0.247. The van der Waals surface area contributed by atoms with Gasteiger partial charge in [-0.15, -0.1) is 10.2 Å². The third kappa shape index (κ3) is 2.94. The van der Waals surface area contributed by atoms with Gasteiger partial charge >= 0.3 is 0 Å². The Morgan fingerprint density at radius 1 is 0.677 bits per heavy atom. The van der Waals surface area contributed by atoms with Crippen LogP contribution in [0.1, 0.15) is 31.6 Å². The maximum absolute atomic E-state index is 13.7. The van der Waals surface area contributed by atoms with Crippen molar-refractivity contribution in [3.05, 3.63) is 78.6 Å². The lowest BCUT2D eigenvalue weighted by atomic mass is 10.0. The van der Waals surface area contributed by atoms with Crippen LogP contribution in [-0.4, -0.2) is 30.0 Å². The number of benzene rings is 3. The fourth-order valence-corrected chi connectivity index (χ4v) is 4.61. The molecule has 0 aliphatic carbocycles. The lowest BCUT2D eigenvalue weighted by Gasteiger charge is -2.43. The molecule has 1 aliphatic heterocycles. The molecule has 0 bridgehead atoms. The van der Waals surface area contributed by atoms with Crippen molar-refractivity contribution in [1.82, 2.24) is 30.0 Å². The van der Waals surface area contributed by atoms with Crippen LogP contribution in [0.2, 0.25) is 0 Å². The van der Waals surface area contributed by atoms with Gasteiger partial charge in [0, 0.05) is 5.69 Å². The summed E-state index contributed by atoms with van der Waals surface area (Å²) in [5, 5.41) is 17.7. The summed E-state index contributed by atoms with van der Waals surface area (Å²) in [7, 11) is 0. The smallest absolute Gasteiger partial charge is 0.127 e. The minimum Gasteiger partial charge on any atom is -0.327 e. The average Bonchev–Trinajstić information content (AvgIpc) is 3.44. The summed E-state index contributed by atoms with van der Waals surface area (Å²) in [6, 6.07) is 22.5. The van der Waals surface area contributed by atoms with Gasteiger partial charge < -0.3 is 4.90 Å². The molecule has 1 fully saturated rings. The van der Waals surface area contributed by atoms with Crippen LogP contribution in [0.4, 0.5) is 10.1 Å². The van der Waals surface area contributed by atoms with E-state index in [1.807, 2.05) is 70.0 Å². The summed E-state index contributed by atoms with van der Waals surface area (Å²) >= 11 is 0. The number of halogens is 1. The molecule has 2 aromatic heterocycles. The van der Waals surface area contributed by atoms with Crippen LogP contribution in [0.3, 0.4) is 0 Å². The van der Waals surface area contributed by atoms with E-state index in [1.54, 1.807) is 0 Å². The standard InChI is InChI=1S/C23H20FN7/c24-16-12-14-17(15-13-16)29-22(30-20-8-3-1-6-18(20)25-27-30)10-5-11-23(29)31-21-9-4-2-7-19(21)26-28-31/h1-4,6-9,12-15,22-23H,5,10-11H2/t22-,23-/m1/s1. The van der Waals surface area contributed by atoms with E-state index in [0.29, 0.717) is 0 Å². The number of hydrogen-bond acceptors (Lipinski definition) is 5. The molecule has 0 amide bonds. The number of anilines is 1. The van der Waals surface area contributed by atoms with Crippen molar-refractivity contribution < 1.29 is 4.39 Å². The second-order valence-electron chi connectivity index (χ2n) is 7.82. The maximum Gasteiger partial charge on any atom is 0.127 e. The predicted octanol–water partition coefficient (Wildman–Crippen LogP) is 4.70. The van der Waals surface area contributed by atoms with Crippen molar-refractivity contribution in [2.24, 2.45) is 0 Å². The molecule has 154 valence electrons. The highest BCUT2D eigenvalue weighted by Gasteiger charge is 2.35. The van der Waals surface area contributed by atoms with Gasteiger partial charge in [-0.3, -0.25) is 0 Å². The number of hydrogen-bond donors (Lipinski definition) is 0. The summed E-state index contributed by atoms with van der Waals surface area (Å²) in [6.07, 6.45) is 2.62. The monoisotopic (exact) mass is 413 g/mol. The lowest BCUT2D eigenvalue weighted by Crippen LogP contribution is -2.42. The quantitative estimate of drug-likeness (QED) is 0.429. The molecule has 1 aliphatic rings. The Kier molecular flexibility index (Phi) is 4.15. The molecule has 3 heterocycles. The van der Waals surface area contributed by atoms with Crippen LogP contribution in [0, 0.1) is 5.82 Å². The molecule has 8 heteroatoms. The Labute approximate surface area is 177 Å². The zero-order chi connectivity index (χ0) is 20.8. The van der Waals surface area contributed by atoms with Gasteiger partial charge in [-0.2, -0.15) is 0 Å². The number of aromatic nitrogens is 6. The molecule has 31 heavy (non-hydrogen) atoms. The van der Waals surface area contributed by atoms with Crippen molar-refractivity contribution in [3.63, 3.8) is 0 Å². The van der Waals surface area contributed by atoms with Crippen LogP contribution in [0.25, 0.3) is 22.1 Å². The SMILES string of the molecule is Fc1ccc(N2[C@H](n3nnc4ccccc43)CCC[C@H]2n2nnc3ccccc32)cc1. The van der Waals surface area contributed by atoms with Gasteiger partial charge in [-0.25, -0.2) is 13.8 Å². The topological polar surface area (TPSA) is 64.7 Å². The van der Waals surface area contributed by atoms with E-state index in [2.05, 4.69) is 25.5 Å². The minimum absolute atomic E-state index is 0.0837. The van der Waals surface area contributed by atoms with E-state index in [-0.39, 0.29) is 18.1 Å². The molecule has 5 aromatic rings. The molecule has 6 rings (SSSR count). The van der Waals surface area contributed by atoms with Gasteiger partial charge in [0.15, 0.2) is 0 Å². The molecule has 0 N–H and O–H groups in total. The molecule has 1 saturated heterocycles. The van der Waals surface area contributed by atoms with Gasteiger partial charge in [-0.1, -0.05) is 34.7 Å².